The van der Waals surface area contributed by atoms with Crippen LogP contribution in [-0.2, 0) is 0 Å². The van der Waals surface area contributed by atoms with Crippen LogP contribution in [0.2, 0.25) is 0 Å². The summed E-state index contributed by atoms with van der Waals surface area (Å²) in [6, 6.07) is 0.477. The molecular formula is C12H25NO. The van der Waals surface area contributed by atoms with E-state index in [4.69, 9.17) is 0 Å². The zero-order valence-corrected chi connectivity index (χ0v) is 9.79. The molecule has 0 aromatic heterocycles. The molecule has 84 valence electrons. The van der Waals surface area contributed by atoms with Gasteiger partial charge in [-0.1, -0.05) is 33.6 Å². The highest BCUT2D eigenvalue weighted by atomic mass is 16.3. The largest absolute Gasteiger partial charge is 0.392 e. The van der Waals surface area contributed by atoms with Gasteiger partial charge in [0.2, 0.25) is 0 Å². The highest BCUT2D eigenvalue weighted by Gasteiger charge is 2.24. The average molecular weight is 199 g/mol. The van der Waals surface area contributed by atoms with Crippen LogP contribution in [0.1, 0.15) is 46.5 Å². The molecule has 2 nitrogen and oxygen atoms in total. The van der Waals surface area contributed by atoms with Gasteiger partial charge in [-0.3, -0.25) is 0 Å². The molecular weight excluding hydrogens is 174 g/mol. The molecule has 0 aromatic carbocycles. The van der Waals surface area contributed by atoms with E-state index >= 15 is 0 Å². The van der Waals surface area contributed by atoms with Crippen molar-refractivity contribution < 1.29 is 5.11 Å². The van der Waals surface area contributed by atoms with E-state index < -0.39 is 0 Å². The fraction of sp³-hybridized carbons (Fsp3) is 1.00. The summed E-state index contributed by atoms with van der Waals surface area (Å²) in [6.45, 7) is 7.30. The maximum absolute atomic E-state index is 9.98. The lowest BCUT2D eigenvalue weighted by atomic mass is 9.79. The molecule has 0 spiro atoms. The summed E-state index contributed by atoms with van der Waals surface area (Å²) in [5, 5.41) is 13.3. The van der Waals surface area contributed by atoms with Crippen molar-refractivity contribution in [2.45, 2.75) is 58.6 Å². The summed E-state index contributed by atoms with van der Waals surface area (Å²) >= 11 is 0. The number of aliphatic hydroxyl groups is 1. The van der Waals surface area contributed by atoms with E-state index in [1.165, 1.54) is 25.7 Å². The van der Waals surface area contributed by atoms with E-state index in [-0.39, 0.29) is 6.10 Å². The summed E-state index contributed by atoms with van der Waals surface area (Å²) in [6.07, 6.45) is 4.93. The number of rotatable bonds is 4. The van der Waals surface area contributed by atoms with E-state index in [0.717, 1.165) is 12.5 Å². The van der Waals surface area contributed by atoms with E-state index in [2.05, 4.69) is 26.1 Å². The maximum Gasteiger partial charge on any atom is 0.0692 e. The third-order valence-electron chi connectivity index (χ3n) is 3.26. The minimum Gasteiger partial charge on any atom is -0.392 e. The summed E-state index contributed by atoms with van der Waals surface area (Å²) < 4.78 is 0. The normalized spacial score (nSPS) is 30.6. The first-order valence-corrected chi connectivity index (χ1v) is 6.01. The molecule has 1 fully saturated rings. The molecule has 0 heterocycles. The number of hydrogen-bond acceptors (Lipinski definition) is 2. The lowest BCUT2D eigenvalue weighted by Crippen LogP contribution is -2.37. The van der Waals surface area contributed by atoms with Crippen molar-refractivity contribution in [1.82, 2.24) is 5.32 Å². The Labute approximate surface area is 88.1 Å². The third-order valence-corrected chi connectivity index (χ3v) is 3.26. The fourth-order valence-electron chi connectivity index (χ4n) is 2.35. The van der Waals surface area contributed by atoms with Gasteiger partial charge in [0.05, 0.1) is 6.10 Å². The van der Waals surface area contributed by atoms with Crippen molar-refractivity contribution in [2.24, 2.45) is 11.8 Å². The summed E-state index contributed by atoms with van der Waals surface area (Å²) in [5.74, 6) is 1.34. The van der Waals surface area contributed by atoms with Crippen molar-refractivity contribution in [3.05, 3.63) is 0 Å². The SMILES string of the molecule is CC1CCCC(C(O)CNC(C)C)C1. The van der Waals surface area contributed by atoms with Crippen LogP contribution in [0.25, 0.3) is 0 Å². The Bertz CT molecular complexity index is 158. The number of aliphatic hydroxyl groups excluding tert-OH is 1. The van der Waals surface area contributed by atoms with Crippen molar-refractivity contribution in [3.63, 3.8) is 0 Å². The zero-order valence-electron chi connectivity index (χ0n) is 9.79. The van der Waals surface area contributed by atoms with Gasteiger partial charge in [-0.05, 0) is 24.7 Å². The second-order valence-electron chi connectivity index (χ2n) is 5.16. The first-order valence-electron chi connectivity index (χ1n) is 6.01. The molecule has 1 aliphatic carbocycles. The van der Waals surface area contributed by atoms with E-state index in [0.29, 0.717) is 12.0 Å². The third kappa shape index (κ3) is 3.97. The molecule has 0 aromatic rings. The maximum atomic E-state index is 9.98. The molecule has 1 aliphatic rings. The summed E-state index contributed by atoms with van der Waals surface area (Å²) in [5.41, 5.74) is 0. The van der Waals surface area contributed by atoms with Crippen LogP contribution < -0.4 is 5.32 Å². The van der Waals surface area contributed by atoms with Crippen LogP contribution in [0.15, 0.2) is 0 Å². The molecule has 2 N–H and O–H groups in total. The van der Waals surface area contributed by atoms with Crippen molar-refractivity contribution in [2.75, 3.05) is 6.54 Å². The molecule has 1 saturated carbocycles. The van der Waals surface area contributed by atoms with Crippen molar-refractivity contribution in [1.29, 1.82) is 0 Å². The Morgan fingerprint density at radius 3 is 2.64 bits per heavy atom. The van der Waals surface area contributed by atoms with E-state index in [1.54, 1.807) is 0 Å². The number of nitrogens with one attached hydrogen (secondary N) is 1. The van der Waals surface area contributed by atoms with Gasteiger partial charge >= 0.3 is 0 Å². The Balaban J connectivity index is 2.25. The van der Waals surface area contributed by atoms with Crippen LogP contribution in [0.4, 0.5) is 0 Å². The van der Waals surface area contributed by atoms with Gasteiger partial charge in [0, 0.05) is 12.6 Å². The van der Waals surface area contributed by atoms with Gasteiger partial charge in [0.1, 0.15) is 0 Å². The predicted octanol–water partition coefficient (Wildman–Crippen LogP) is 2.17. The minimum absolute atomic E-state index is 0.139. The van der Waals surface area contributed by atoms with E-state index in [1.807, 2.05) is 0 Å². The lowest BCUT2D eigenvalue weighted by Gasteiger charge is -2.30. The van der Waals surface area contributed by atoms with Crippen LogP contribution in [0, 0.1) is 11.8 Å². The molecule has 1 rings (SSSR count). The molecule has 0 saturated heterocycles. The van der Waals surface area contributed by atoms with Crippen LogP contribution >= 0.6 is 0 Å². The van der Waals surface area contributed by atoms with Crippen LogP contribution in [0.3, 0.4) is 0 Å². The summed E-state index contributed by atoms with van der Waals surface area (Å²) in [7, 11) is 0. The van der Waals surface area contributed by atoms with Crippen molar-refractivity contribution in [3.8, 4) is 0 Å². The Morgan fingerprint density at radius 2 is 2.07 bits per heavy atom. The monoisotopic (exact) mass is 199 g/mol. The van der Waals surface area contributed by atoms with Gasteiger partial charge in [-0.15, -0.1) is 0 Å². The molecule has 0 bridgehead atoms. The van der Waals surface area contributed by atoms with E-state index in [9.17, 15) is 5.11 Å². The molecule has 3 unspecified atom stereocenters. The molecule has 14 heavy (non-hydrogen) atoms. The molecule has 0 aliphatic heterocycles. The smallest absolute Gasteiger partial charge is 0.0692 e. The van der Waals surface area contributed by atoms with Crippen molar-refractivity contribution >= 4 is 0 Å². The highest BCUT2D eigenvalue weighted by molar-refractivity contribution is 4.78. The van der Waals surface area contributed by atoms with Gasteiger partial charge < -0.3 is 10.4 Å². The van der Waals surface area contributed by atoms with Crippen LogP contribution in [0.5, 0.6) is 0 Å². The highest BCUT2D eigenvalue weighted by Crippen LogP contribution is 2.30. The van der Waals surface area contributed by atoms with Gasteiger partial charge in [0.15, 0.2) is 0 Å². The summed E-state index contributed by atoms with van der Waals surface area (Å²) in [4.78, 5) is 0. The molecule has 0 amide bonds. The molecule has 2 heteroatoms. The Hall–Kier alpha value is -0.0800. The first kappa shape index (κ1) is 12.0. The van der Waals surface area contributed by atoms with Crippen LogP contribution in [-0.4, -0.2) is 23.8 Å². The lowest BCUT2D eigenvalue weighted by molar-refractivity contribution is 0.0698. The second-order valence-corrected chi connectivity index (χ2v) is 5.16. The standard InChI is InChI=1S/C12H25NO/c1-9(2)13-8-12(14)11-6-4-5-10(3)7-11/h9-14H,4-8H2,1-3H3. The molecule has 3 atom stereocenters. The average Bonchev–Trinajstić information content (AvgIpc) is 2.14. The fourth-order valence-corrected chi connectivity index (χ4v) is 2.35. The Morgan fingerprint density at radius 1 is 1.36 bits per heavy atom. The number of hydrogen-bond donors (Lipinski definition) is 2. The van der Waals surface area contributed by atoms with Gasteiger partial charge in [-0.25, -0.2) is 0 Å². The van der Waals surface area contributed by atoms with Gasteiger partial charge in [-0.2, -0.15) is 0 Å². The minimum atomic E-state index is -0.139. The van der Waals surface area contributed by atoms with Gasteiger partial charge in [0.25, 0.3) is 0 Å². The topological polar surface area (TPSA) is 32.3 Å². The zero-order chi connectivity index (χ0) is 10.6. The molecule has 0 radical (unpaired) electrons. The second kappa shape index (κ2) is 5.72. The quantitative estimate of drug-likeness (QED) is 0.727. The first-order chi connectivity index (χ1) is 6.59. The Kier molecular flexibility index (Phi) is 4.90. The predicted molar refractivity (Wildman–Crippen MR) is 60.3 cm³/mol.